The second-order valence-corrected chi connectivity index (χ2v) is 8.60. The van der Waals surface area contributed by atoms with E-state index in [9.17, 15) is 4.79 Å². The minimum Gasteiger partial charge on any atom is -0.497 e. The molecule has 0 aliphatic carbocycles. The van der Waals surface area contributed by atoms with Gasteiger partial charge in [0.1, 0.15) is 24.1 Å². The summed E-state index contributed by atoms with van der Waals surface area (Å²) in [6, 6.07) is 17.1. The third-order valence-corrected chi connectivity index (χ3v) is 6.01. The van der Waals surface area contributed by atoms with Crippen LogP contribution in [0.2, 0.25) is 0 Å². The van der Waals surface area contributed by atoms with E-state index in [-0.39, 0.29) is 26.4 Å². The molecule has 2 aromatic carbocycles. The predicted molar refractivity (Wildman–Crippen MR) is 130 cm³/mol. The molecule has 0 amide bonds. The number of benzene rings is 2. The summed E-state index contributed by atoms with van der Waals surface area (Å²) in [7, 11) is 1.61. The molecule has 4 rings (SSSR count). The van der Waals surface area contributed by atoms with Crippen LogP contribution in [0.1, 0.15) is 30.8 Å². The molecule has 2 heterocycles. The lowest BCUT2D eigenvalue weighted by molar-refractivity contribution is -0.367. The Labute approximate surface area is 215 Å². The number of fused-ring (bicyclic) bond motifs is 1. The van der Waals surface area contributed by atoms with Gasteiger partial charge in [0.15, 0.2) is 18.7 Å². The number of hydrogen-bond acceptors (Lipinski definition) is 9. The molecule has 0 saturated carbocycles. The van der Waals surface area contributed by atoms with Crippen LogP contribution in [0.15, 0.2) is 59.7 Å². The van der Waals surface area contributed by atoms with E-state index in [4.69, 9.17) is 38.7 Å². The molecule has 1 unspecified atom stereocenters. The van der Waals surface area contributed by atoms with Crippen LogP contribution in [0.25, 0.3) is 10.4 Å². The third kappa shape index (κ3) is 7.20. The van der Waals surface area contributed by atoms with Gasteiger partial charge in [-0.15, -0.1) is 0 Å². The molecule has 0 radical (unpaired) electrons. The Balaban J connectivity index is 1.55. The Morgan fingerprint density at radius 2 is 1.86 bits per heavy atom. The summed E-state index contributed by atoms with van der Waals surface area (Å²) in [5, 5.41) is 3.52. The van der Waals surface area contributed by atoms with Gasteiger partial charge in [-0.2, -0.15) is 0 Å². The Bertz CT molecular complexity index is 1050. The average molecular weight is 514 g/mol. The number of rotatable bonds is 11. The minimum absolute atomic E-state index is 0.234. The number of azide groups is 1. The molecule has 0 aromatic heterocycles. The van der Waals surface area contributed by atoms with Crippen molar-refractivity contribution < 1.29 is 38.0 Å². The van der Waals surface area contributed by atoms with Gasteiger partial charge in [-0.25, -0.2) is 0 Å². The lowest BCUT2D eigenvalue weighted by Gasteiger charge is -2.48. The molecule has 198 valence electrons. The zero-order valence-electron chi connectivity index (χ0n) is 20.8. The molecule has 11 nitrogen and oxygen atoms in total. The molecule has 11 heteroatoms. The lowest BCUT2D eigenvalue weighted by atomic mass is 9.97. The SMILES string of the molecule is COc1ccc(CO[C@@H]2[C@H](OC(C)=O)[C@@H](OCCCN=[N+]=[N-])O[C@@H]3COC(c4ccccc4)O[C@@H]23)cc1. The van der Waals surface area contributed by atoms with E-state index in [2.05, 4.69) is 10.0 Å². The maximum absolute atomic E-state index is 12.1. The van der Waals surface area contributed by atoms with E-state index in [0.717, 1.165) is 16.9 Å². The molecule has 37 heavy (non-hydrogen) atoms. The number of carbonyl (C=O) groups is 1. The molecule has 2 aromatic rings. The van der Waals surface area contributed by atoms with Crippen LogP contribution in [0.4, 0.5) is 0 Å². The highest BCUT2D eigenvalue weighted by atomic mass is 16.8. The van der Waals surface area contributed by atoms with Crippen LogP contribution in [0.5, 0.6) is 5.75 Å². The first-order chi connectivity index (χ1) is 18.1. The highest BCUT2D eigenvalue weighted by molar-refractivity contribution is 5.66. The molecule has 2 aliphatic rings. The zero-order chi connectivity index (χ0) is 26.0. The maximum atomic E-state index is 12.1. The molecular formula is C26H31N3O8. The van der Waals surface area contributed by atoms with Gasteiger partial charge in [0.25, 0.3) is 0 Å². The van der Waals surface area contributed by atoms with Crippen LogP contribution in [-0.4, -0.2) is 63.5 Å². The number of ether oxygens (including phenoxy) is 7. The number of carbonyl (C=O) groups excluding carboxylic acids is 1. The monoisotopic (exact) mass is 513 g/mol. The van der Waals surface area contributed by atoms with E-state index in [1.165, 1.54) is 6.92 Å². The molecular weight excluding hydrogens is 482 g/mol. The van der Waals surface area contributed by atoms with Gasteiger partial charge in [-0.05, 0) is 29.6 Å². The van der Waals surface area contributed by atoms with Crippen molar-refractivity contribution in [1.29, 1.82) is 0 Å². The van der Waals surface area contributed by atoms with E-state index < -0.39 is 43.0 Å². The number of methoxy groups -OCH3 is 1. The highest BCUT2D eigenvalue weighted by Crippen LogP contribution is 2.37. The predicted octanol–water partition coefficient (Wildman–Crippen LogP) is 4.07. The molecule has 2 saturated heterocycles. The van der Waals surface area contributed by atoms with Crippen LogP contribution < -0.4 is 4.74 Å². The van der Waals surface area contributed by atoms with E-state index in [1.807, 2.05) is 54.6 Å². The molecule has 2 aliphatic heterocycles. The first-order valence-corrected chi connectivity index (χ1v) is 12.1. The van der Waals surface area contributed by atoms with Gasteiger partial charge in [-0.3, -0.25) is 4.79 Å². The van der Waals surface area contributed by atoms with Crippen molar-refractivity contribution in [2.24, 2.45) is 5.11 Å². The van der Waals surface area contributed by atoms with Crippen molar-refractivity contribution in [2.75, 3.05) is 26.9 Å². The average Bonchev–Trinajstić information content (AvgIpc) is 2.92. The number of esters is 1. The lowest BCUT2D eigenvalue weighted by Crippen LogP contribution is -2.64. The van der Waals surface area contributed by atoms with Crippen LogP contribution in [-0.2, 0) is 39.8 Å². The summed E-state index contributed by atoms with van der Waals surface area (Å²) in [5.41, 5.74) is 10.3. The summed E-state index contributed by atoms with van der Waals surface area (Å²) < 4.78 is 41.6. The van der Waals surface area contributed by atoms with Crippen molar-refractivity contribution in [2.45, 2.75) is 56.9 Å². The van der Waals surface area contributed by atoms with Crippen molar-refractivity contribution in [3.63, 3.8) is 0 Å². The normalized spacial score (nSPS) is 27.0. The second-order valence-electron chi connectivity index (χ2n) is 8.60. The highest BCUT2D eigenvalue weighted by Gasteiger charge is 2.52. The maximum Gasteiger partial charge on any atom is 0.303 e. The number of hydrogen-bond donors (Lipinski definition) is 0. The minimum atomic E-state index is -0.919. The van der Waals surface area contributed by atoms with Gasteiger partial charge >= 0.3 is 5.97 Å². The summed E-state index contributed by atoms with van der Waals surface area (Å²) >= 11 is 0. The molecule has 0 bridgehead atoms. The fourth-order valence-corrected chi connectivity index (χ4v) is 4.26. The summed E-state index contributed by atoms with van der Waals surface area (Å²) in [4.78, 5) is 14.8. The van der Waals surface area contributed by atoms with Crippen LogP contribution in [0.3, 0.4) is 0 Å². The third-order valence-electron chi connectivity index (χ3n) is 6.01. The van der Waals surface area contributed by atoms with Crippen molar-refractivity contribution in [1.82, 2.24) is 0 Å². The van der Waals surface area contributed by atoms with Crippen molar-refractivity contribution in [3.8, 4) is 5.75 Å². The molecule has 0 N–H and O–H groups in total. The van der Waals surface area contributed by atoms with Crippen LogP contribution in [0, 0.1) is 0 Å². The Morgan fingerprint density at radius 3 is 2.57 bits per heavy atom. The van der Waals surface area contributed by atoms with Gasteiger partial charge in [-0.1, -0.05) is 47.6 Å². The van der Waals surface area contributed by atoms with E-state index in [0.29, 0.717) is 6.42 Å². The van der Waals surface area contributed by atoms with E-state index in [1.54, 1.807) is 7.11 Å². The Kier molecular flexibility index (Phi) is 9.72. The smallest absolute Gasteiger partial charge is 0.303 e. The Morgan fingerprint density at radius 1 is 1.08 bits per heavy atom. The van der Waals surface area contributed by atoms with Gasteiger partial charge in [0, 0.05) is 23.9 Å². The molecule has 2 fully saturated rings. The summed E-state index contributed by atoms with van der Waals surface area (Å²) in [6.07, 6.45) is -3.78. The van der Waals surface area contributed by atoms with Gasteiger partial charge in [0.05, 0.1) is 26.9 Å². The first kappa shape index (κ1) is 26.9. The fourth-order valence-electron chi connectivity index (χ4n) is 4.26. The molecule has 0 spiro atoms. The fraction of sp³-hybridized carbons (Fsp3) is 0.500. The topological polar surface area (TPSA) is 130 Å². The summed E-state index contributed by atoms with van der Waals surface area (Å²) in [6.45, 7) is 2.30. The first-order valence-electron chi connectivity index (χ1n) is 12.1. The standard InChI is InChI=1S/C26H31N3O8/c1-17(30)35-24-23(33-15-18-9-11-20(31-2)12-10-18)22-21(36-26(24)32-14-6-13-28-29-27)16-34-25(37-22)19-7-4-3-5-8-19/h3-5,7-12,21-26H,6,13-16H2,1-2H3/t21-,22-,23+,24+,25?,26+/m1/s1. The largest absolute Gasteiger partial charge is 0.497 e. The zero-order valence-corrected chi connectivity index (χ0v) is 20.8. The van der Waals surface area contributed by atoms with Crippen molar-refractivity contribution in [3.05, 3.63) is 76.2 Å². The van der Waals surface area contributed by atoms with E-state index >= 15 is 0 Å². The van der Waals surface area contributed by atoms with Gasteiger partial charge < -0.3 is 33.2 Å². The number of nitrogens with zero attached hydrogens (tertiary/aromatic N) is 3. The molecule has 6 atom stereocenters. The van der Waals surface area contributed by atoms with Gasteiger partial charge in [0.2, 0.25) is 0 Å². The quantitative estimate of drug-likeness (QED) is 0.144. The second kappa shape index (κ2) is 13.4. The summed E-state index contributed by atoms with van der Waals surface area (Å²) in [5.74, 6) is 0.236. The van der Waals surface area contributed by atoms with Crippen LogP contribution >= 0.6 is 0 Å². The van der Waals surface area contributed by atoms with Crippen molar-refractivity contribution >= 4 is 5.97 Å². The Hall–Kier alpha value is -3.18.